The maximum Gasteiger partial charge on any atom is 0.228 e. The molecule has 0 saturated carbocycles. The fourth-order valence-corrected chi connectivity index (χ4v) is 4.96. The van der Waals surface area contributed by atoms with Crippen LogP contribution < -0.4 is 5.32 Å². The van der Waals surface area contributed by atoms with Crippen molar-refractivity contribution in [2.75, 3.05) is 45.8 Å². The Balaban J connectivity index is 0.00000160. The first-order valence-electron chi connectivity index (χ1n) is 10.6. The third-order valence-corrected chi connectivity index (χ3v) is 6.50. The van der Waals surface area contributed by atoms with Crippen molar-refractivity contribution < 1.29 is 9.59 Å². The van der Waals surface area contributed by atoms with E-state index in [1.165, 1.54) is 6.42 Å². The molecule has 0 spiro atoms. The molecule has 2 amide bonds. The Morgan fingerprint density at radius 2 is 2.13 bits per heavy atom. The molecule has 168 valence electrons. The van der Waals surface area contributed by atoms with Gasteiger partial charge in [-0.05, 0) is 37.6 Å². The minimum absolute atomic E-state index is 0. The number of hydrogen-bond acceptors (Lipinski definition) is 5. The van der Waals surface area contributed by atoms with E-state index in [4.69, 9.17) is 0 Å². The predicted molar refractivity (Wildman–Crippen MR) is 121 cm³/mol. The van der Waals surface area contributed by atoms with E-state index in [9.17, 15) is 9.59 Å². The summed E-state index contributed by atoms with van der Waals surface area (Å²) in [6.07, 6.45) is 6.29. The molecular formula is C21H33Cl2N5O2. The number of rotatable bonds is 5. The highest BCUT2D eigenvalue weighted by Crippen LogP contribution is 2.28. The highest BCUT2D eigenvalue weighted by molar-refractivity contribution is 5.89. The fraction of sp³-hybridized carbons (Fsp3) is 0.667. The first-order valence-corrected chi connectivity index (χ1v) is 10.6. The zero-order chi connectivity index (χ0) is 19.5. The first kappa shape index (κ1) is 24.9. The largest absolute Gasteiger partial charge is 0.340 e. The molecule has 3 unspecified atom stereocenters. The zero-order valence-electron chi connectivity index (χ0n) is 17.5. The summed E-state index contributed by atoms with van der Waals surface area (Å²) in [5.74, 6) is 0.0283. The van der Waals surface area contributed by atoms with Gasteiger partial charge in [-0.2, -0.15) is 0 Å². The van der Waals surface area contributed by atoms with Gasteiger partial charge in [-0.1, -0.05) is 13.0 Å². The number of carbonyl (C=O) groups excluding carboxylic acids is 2. The van der Waals surface area contributed by atoms with E-state index in [-0.39, 0.29) is 48.6 Å². The SMILES string of the molecule is CCN1CCCC1CN1CC(C(=O)N2CCNCC2c2cccnc2)CC1=O.Cl.Cl. The second-order valence-corrected chi connectivity index (χ2v) is 8.16. The van der Waals surface area contributed by atoms with Crippen molar-refractivity contribution in [3.63, 3.8) is 0 Å². The lowest BCUT2D eigenvalue weighted by molar-refractivity contribution is -0.139. The van der Waals surface area contributed by atoms with Gasteiger partial charge < -0.3 is 15.1 Å². The monoisotopic (exact) mass is 457 g/mol. The average molecular weight is 458 g/mol. The highest BCUT2D eigenvalue weighted by atomic mass is 35.5. The third kappa shape index (κ3) is 5.25. The standard InChI is InChI=1S/C21H31N5O2.2ClH/c1-2-24-9-4-6-18(24)15-25-14-17(11-20(25)27)21(28)26-10-8-23-13-19(26)16-5-3-7-22-12-16;;/h3,5,7,12,17-19,23H,2,4,6,8-11,13-15H2,1H3;2*1H. The van der Waals surface area contributed by atoms with E-state index in [1.54, 1.807) is 6.20 Å². The van der Waals surface area contributed by atoms with Crippen LogP contribution in [0, 0.1) is 5.92 Å². The van der Waals surface area contributed by atoms with Gasteiger partial charge in [0.1, 0.15) is 0 Å². The molecule has 0 aromatic carbocycles. The van der Waals surface area contributed by atoms with Crippen molar-refractivity contribution in [2.45, 2.75) is 38.3 Å². The van der Waals surface area contributed by atoms with Gasteiger partial charge in [-0.15, -0.1) is 24.8 Å². The van der Waals surface area contributed by atoms with Gasteiger partial charge in [0, 0.05) is 57.6 Å². The number of nitrogens with one attached hydrogen (secondary N) is 1. The predicted octanol–water partition coefficient (Wildman–Crippen LogP) is 1.73. The van der Waals surface area contributed by atoms with Crippen LogP contribution in [0.25, 0.3) is 0 Å². The summed E-state index contributed by atoms with van der Waals surface area (Å²) in [6, 6.07) is 4.37. The number of nitrogens with zero attached hydrogens (tertiary/aromatic N) is 4. The van der Waals surface area contributed by atoms with Crippen LogP contribution in [0.15, 0.2) is 24.5 Å². The number of likely N-dealkylation sites (tertiary alicyclic amines) is 2. The molecular weight excluding hydrogens is 425 g/mol. The summed E-state index contributed by atoms with van der Waals surface area (Å²) in [7, 11) is 0. The van der Waals surface area contributed by atoms with Gasteiger partial charge in [0.2, 0.25) is 11.8 Å². The van der Waals surface area contributed by atoms with Crippen LogP contribution >= 0.6 is 24.8 Å². The molecule has 0 aliphatic carbocycles. The molecule has 1 aromatic rings. The van der Waals surface area contributed by atoms with Gasteiger partial charge in [0.25, 0.3) is 0 Å². The number of amides is 2. The Hall–Kier alpha value is -1.41. The summed E-state index contributed by atoms with van der Waals surface area (Å²) in [5, 5.41) is 3.38. The average Bonchev–Trinajstić information content (AvgIpc) is 3.34. The molecule has 30 heavy (non-hydrogen) atoms. The first-order chi connectivity index (χ1) is 13.7. The molecule has 0 radical (unpaired) electrons. The topological polar surface area (TPSA) is 68.8 Å². The Morgan fingerprint density at radius 3 is 2.87 bits per heavy atom. The van der Waals surface area contributed by atoms with E-state index in [0.717, 1.165) is 44.7 Å². The lowest BCUT2D eigenvalue weighted by Gasteiger charge is -2.37. The summed E-state index contributed by atoms with van der Waals surface area (Å²) < 4.78 is 0. The molecule has 3 saturated heterocycles. The number of aromatic nitrogens is 1. The summed E-state index contributed by atoms with van der Waals surface area (Å²) in [5.41, 5.74) is 1.05. The van der Waals surface area contributed by atoms with Crippen LogP contribution in [0.3, 0.4) is 0 Å². The van der Waals surface area contributed by atoms with Gasteiger partial charge in [-0.3, -0.25) is 19.5 Å². The van der Waals surface area contributed by atoms with E-state index in [2.05, 4.69) is 22.1 Å². The minimum Gasteiger partial charge on any atom is -0.340 e. The fourth-order valence-electron chi connectivity index (χ4n) is 4.96. The number of pyridine rings is 1. The van der Waals surface area contributed by atoms with Crippen LogP contribution in [0.5, 0.6) is 0 Å². The van der Waals surface area contributed by atoms with Crippen molar-refractivity contribution in [1.82, 2.24) is 25.0 Å². The van der Waals surface area contributed by atoms with Crippen molar-refractivity contribution in [3.05, 3.63) is 30.1 Å². The maximum atomic E-state index is 13.3. The number of halogens is 2. The number of piperazine rings is 1. The molecule has 4 rings (SSSR count). The van der Waals surface area contributed by atoms with E-state index in [0.29, 0.717) is 25.6 Å². The zero-order valence-corrected chi connectivity index (χ0v) is 19.2. The van der Waals surface area contributed by atoms with Crippen LogP contribution in [0.2, 0.25) is 0 Å². The second-order valence-electron chi connectivity index (χ2n) is 8.16. The van der Waals surface area contributed by atoms with E-state index < -0.39 is 0 Å². The van der Waals surface area contributed by atoms with Crippen molar-refractivity contribution >= 4 is 36.6 Å². The molecule has 0 bridgehead atoms. The van der Waals surface area contributed by atoms with E-state index in [1.807, 2.05) is 28.1 Å². The smallest absolute Gasteiger partial charge is 0.228 e. The molecule has 1 aromatic heterocycles. The van der Waals surface area contributed by atoms with Gasteiger partial charge >= 0.3 is 0 Å². The quantitative estimate of drug-likeness (QED) is 0.728. The molecule has 3 aliphatic rings. The summed E-state index contributed by atoms with van der Waals surface area (Å²) >= 11 is 0. The van der Waals surface area contributed by atoms with Crippen molar-refractivity contribution in [2.24, 2.45) is 5.92 Å². The Labute approximate surface area is 191 Å². The molecule has 4 heterocycles. The van der Waals surface area contributed by atoms with Crippen LogP contribution in [-0.2, 0) is 9.59 Å². The van der Waals surface area contributed by atoms with Crippen LogP contribution in [0.1, 0.15) is 37.8 Å². The molecule has 7 nitrogen and oxygen atoms in total. The third-order valence-electron chi connectivity index (χ3n) is 6.50. The highest BCUT2D eigenvalue weighted by Gasteiger charge is 2.40. The second kappa shape index (κ2) is 11.3. The lowest BCUT2D eigenvalue weighted by Crippen LogP contribution is -2.51. The van der Waals surface area contributed by atoms with Crippen molar-refractivity contribution in [3.8, 4) is 0 Å². The van der Waals surface area contributed by atoms with Crippen molar-refractivity contribution in [1.29, 1.82) is 0 Å². The number of carbonyl (C=O) groups is 2. The number of likely N-dealkylation sites (N-methyl/N-ethyl adjacent to an activating group) is 1. The Kier molecular flexibility index (Phi) is 9.34. The van der Waals surface area contributed by atoms with E-state index >= 15 is 0 Å². The summed E-state index contributed by atoms with van der Waals surface area (Å²) in [6.45, 7) is 7.87. The molecule has 9 heteroatoms. The molecule has 3 atom stereocenters. The molecule has 1 N–H and O–H groups in total. The van der Waals surface area contributed by atoms with Crippen LogP contribution in [0.4, 0.5) is 0 Å². The number of hydrogen-bond donors (Lipinski definition) is 1. The lowest BCUT2D eigenvalue weighted by atomic mass is 10.0. The van der Waals surface area contributed by atoms with Gasteiger partial charge in [0.05, 0.1) is 12.0 Å². The normalized spacial score (nSPS) is 27.0. The minimum atomic E-state index is -0.221. The summed E-state index contributed by atoms with van der Waals surface area (Å²) in [4.78, 5) is 36.5. The Morgan fingerprint density at radius 1 is 1.30 bits per heavy atom. The Bertz CT molecular complexity index is 708. The maximum absolute atomic E-state index is 13.3. The van der Waals surface area contributed by atoms with Crippen LogP contribution in [-0.4, -0.2) is 83.4 Å². The van der Waals surface area contributed by atoms with Gasteiger partial charge in [-0.25, -0.2) is 0 Å². The molecule has 3 aliphatic heterocycles. The molecule has 3 fully saturated rings. The van der Waals surface area contributed by atoms with Gasteiger partial charge in [0.15, 0.2) is 0 Å².